The van der Waals surface area contributed by atoms with Crippen molar-refractivity contribution in [3.63, 3.8) is 0 Å². The van der Waals surface area contributed by atoms with Crippen LogP contribution in [0, 0.1) is 6.92 Å². The van der Waals surface area contributed by atoms with Crippen LogP contribution in [0.2, 0.25) is 0 Å². The van der Waals surface area contributed by atoms with E-state index in [9.17, 15) is 4.79 Å². The first-order valence-corrected chi connectivity index (χ1v) is 7.83. The first-order valence-electron chi connectivity index (χ1n) is 7.04. The number of likely N-dealkylation sites (N-methyl/N-ethyl adjacent to an activating group) is 1. The third-order valence-corrected chi connectivity index (χ3v) is 3.86. The number of hydrogen-bond donors (Lipinski definition) is 1. The number of halogens is 1. The van der Waals surface area contributed by atoms with Gasteiger partial charge in [-0.1, -0.05) is 6.92 Å². The number of rotatable bonds is 5. The molecule has 0 aliphatic rings. The Balaban J connectivity index is 2.39. The van der Waals surface area contributed by atoms with Gasteiger partial charge in [0.1, 0.15) is 5.69 Å². The molecular formula is C15H21BrN4O. The Morgan fingerprint density at radius 2 is 2.19 bits per heavy atom. The van der Waals surface area contributed by atoms with Gasteiger partial charge in [-0.3, -0.25) is 9.20 Å². The third-order valence-electron chi connectivity index (χ3n) is 3.28. The lowest BCUT2D eigenvalue weighted by molar-refractivity contribution is 0.0944. The van der Waals surface area contributed by atoms with E-state index in [2.05, 4.69) is 26.2 Å². The summed E-state index contributed by atoms with van der Waals surface area (Å²) >= 11 is 3.52. The highest BCUT2D eigenvalue weighted by atomic mass is 79.9. The van der Waals surface area contributed by atoms with E-state index < -0.39 is 0 Å². The predicted octanol–water partition coefficient (Wildman–Crippen LogP) is 2.26. The molecule has 0 atom stereocenters. The van der Waals surface area contributed by atoms with E-state index >= 15 is 0 Å². The molecule has 0 radical (unpaired) electrons. The topological polar surface area (TPSA) is 49.6 Å². The molecule has 0 fully saturated rings. The summed E-state index contributed by atoms with van der Waals surface area (Å²) in [4.78, 5) is 19.1. The smallest absolute Gasteiger partial charge is 0.270 e. The quantitative estimate of drug-likeness (QED) is 0.897. The predicted molar refractivity (Wildman–Crippen MR) is 87.9 cm³/mol. The van der Waals surface area contributed by atoms with E-state index in [1.165, 1.54) is 0 Å². The largest absolute Gasteiger partial charge is 0.349 e. The van der Waals surface area contributed by atoms with E-state index in [1.54, 1.807) is 0 Å². The number of aromatic nitrogens is 2. The average Bonchev–Trinajstić information content (AvgIpc) is 2.76. The minimum absolute atomic E-state index is 0.0706. The maximum absolute atomic E-state index is 12.5. The summed E-state index contributed by atoms with van der Waals surface area (Å²) in [7, 11) is 3.97. The molecular weight excluding hydrogens is 332 g/mol. The molecule has 6 heteroatoms. The molecule has 0 aliphatic carbocycles. The molecule has 0 aromatic carbocycles. The Bertz CT molecular complexity index is 663. The van der Waals surface area contributed by atoms with Crippen LogP contribution in [0.25, 0.3) is 5.65 Å². The fourth-order valence-electron chi connectivity index (χ4n) is 2.24. The van der Waals surface area contributed by atoms with E-state index in [0.29, 0.717) is 12.2 Å². The van der Waals surface area contributed by atoms with E-state index in [-0.39, 0.29) is 5.91 Å². The highest BCUT2D eigenvalue weighted by molar-refractivity contribution is 9.10. The van der Waals surface area contributed by atoms with Gasteiger partial charge in [0.05, 0.1) is 10.2 Å². The molecule has 0 unspecified atom stereocenters. The Hall–Kier alpha value is -1.40. The Labute approximate surface area is 133 Å². The van der Waals surface area contributed by atoms with E-state index in [4.69, 9.17) is 0 Å². The van der Waals surface area contributed by atoms with Gasteiger partial charge in [0.2, 0.25) is 0 Å². The number of fused-ring (bicyclic) bond motifs is 1. The van der Waals surface area contributed by atoms with Gasteiger partial charge < -0.3 is 10.2 Å². The number of amides is 1. The number of nitrogens with zero attached hydrogens (tertiary/aromatic N) is 3. The van der Waals surface area contributed by atoms with Gasteiger partial charge in [-0.25, -0.2) is 4.98 Å². The summed E-state index contributed by atoms with van der Waals surface area (Å²) in [5.74, 6) is -0.0706. The van der Waals surface area contributed by atoms with Crippen molar-refractivity contribution < 1.29 is 4.79 Å². The second kappa shape index (κ2) is 6.58. The Morgan fingerprint density at radius 1 is 1.48 bits per heavy atom. The molecule has 0 spiro atoms. The molecule has 21 heavy (non-hydrogen) atoms. The second-order valence-electron chi connectivity index (χ2n) is 5.38. The first kappa shape index (κ1) is 16.0. The molecule has 0 aliphatic heterocycles. The fourth-order valence-corrected chi connectivity index (χ4v) is 2.88. The van der Waals surface area contributed by atoms with Gasteiger partial charge in [-0.2, -0.15) is 0 Å². The first-order chi connectivity index (χ1) is 9.93. The number of nitrogens with one attached hydrogen (secondary N) is 1. The van der Waals surface area contributed by atoms with Gasteiger partial charge in [0, 0.05) is 19.3 Å². The lowest BCUT2D eigenvalue weighted by atomic mass is 10.2. The number of hydrogen-bond acceptors (Lipinski definition) is 3. The van der Waals surface area contributed by atoms with Crippen LogP contribution in [0.15, 0.2) is 16.7 Å². The van der Waals surface area contributed by atoms with Gasteiger partial charge in [-0.15, -0.1) is 0 Å². The highest BCUT2D eigenvalue weighted by Gasteiger charge is 2.19. The molecule has 114 valence electrons. The number of pyridine rings is 1. The van der Waals surface area contributed by atoms with Crippen molar-refractivity contribution in [1.29, 1.82) is 0 Å². The van der Waals surface area contributed by atoms with Crippen LogP contribution in [0.3, 0.4) is 0 Å². The monoisotopic (exact) mass is 352 g/mol. The summed E-state index contributed by atoms with van der Waals surface area (Å²) in [6.07, 6.45) is 2.68. The zero-order valence-corrected chi connectivity index (χ0v) is 14.5. The molecule has 2 heterocycles. The number of carbonyl (C=O) groups excluding carboxylic acids is 1. The zero-order chi connectivity index (χ0) is 15.6. The summed E-state index contributed by atoms with van der Waals surface area (Å²) in [6, 6.07) is 2.01. The van der Waals surface area contributed by atoms with Gasteiger partial charge >= 0.3 is 0 Å². The van der Waals surface area contributed by atoms with Crippen LogP contribution in [-0.4, -0.2) is 47.4 Å². The van der Waals surface area contributed by atoms with Crippen molar-refractivity contribution >= 4 is 27.5 Å². The number of imidazole rings is 1. The molecule has 2 aromatic heterocycles. The molecule has 1 amide bonds. The van der Waals surface area contributed by atoms with E-state index in [0.717, 1.165) is 34.3 Å². The highest BCUT2D eigenvalue weighted by Crippen LogP contribution is 2.22. The maximum Gasteiger partial charge on any atom is 0.270 e. The minimum atomic E-state index is -0.0706. The summed E-state index contributed by atoms with van der Waals surface area (Å²) in [5.41, 5.74) is 3.33. The van der Waals surface area contributed by atoms with Crippen molar-refractivity contribution in [2.75, 3.05) is 27.2 Å². The van der Waals surface area contributed by atoms with Crippen molar-refractivity contribution in [1.82, 2.24) is 19.6 Å². The van der Waals surface area contributed by atoms with Gasteiger partial charge in [-0.05, 0) is 55.0 Å². The van der Waals surface area contributed by atoms with Crippen LogP contribution in [0.1, 0.15) is 28.7 Å². The maximum atomic E-state index is 12.5. The van der Waals surface area contributed by atoms with Crippen LogP contribution in [-0.2, 0) is 6.42 Å². The van der Waals surface area contributed by atoms with Crippen molar-refractivity contribution in [3.8, 4) is 0 Å². The third kappa shape index (κ3) is 3.44. The van der Waals surface area contributed by atoms with Crippen LogP contribution >= 0.6 is 15.9 Å². The summed E-state index contributed by atoms with van der Waals surface area (Å²) in [5, 5.41) is 2.97. The molecule has 2 aromatic rings. The Morgan fingerprint density at radius 3 is 2.81 bits per heavy atom. The number of carbonyl (C=O) groups is 1. The van der Waals surface area contributed by atoms with E-state index in [1.807, 2.05) is 49.5 Å². The number of aryl methyl sites for hydroxylation is 2. The lowest BCUT2D eigenvalue weighted by Gasteiger charge is -2.11. The summed E-state index contributed by atoms with van der Waals surface area (Å²) in [6.45, 7) is 5.45. The van der Waals surface area contributed by atoms with Crippen molar-refractivity contribution in [3.05, 3.63) is 33.7 Å². The molecule has 0 saturated heterocycles. The van der Waals surface area contributed by atoms with Crippen LogP contribution in [0.5, 0.6) is 0 Å². The second-order valence-corrected chi connectivity index (χ2v) is 6.23. The molecule has 1 N–H and O–H groups in total. The molecule has 5 nitrogen and oxygen atoms in total. The summed E-state index contributed by atoms with van der Waals surface area (Å²) < 4.78 is 2.79. The molecule has 0 bridgehead atoms. The standard InChI is InChI=1S/C15H21BrN4O/c1-5-12-13(15(21)17-6-7-19(3)4)20-9-10(2)8-11(16)14(20)18-12/h8-9H,5-7H2,1-4H3,(H,17,21). The van der Waals surface area contributed by atoms with Crippen molar-refractivity contribution in [2.24, 2.45) is 0 Å². The SMILES string of the molecule is CCc1nc2c(Br)cc(C)cn2c1C(=O)NCCN(C)C. The normalized spacial score (nSPS) is 11.3. The van der Waals surface area contributed by atoms with Crippen LogP contribution < -0.4 is 5.32 Å². The zero-order valence-electron chi connectivity index (χ0n) is 12.9. The van der Waals surface area contributed by atoms with Gasteiger partial charge in [0.25, 0.3) is 5.91 Å². The van der Waals surface area contributed by atoms with Crippen LogP contribution in [0.4, 0.5) is 0 Å². The minimum Gasteiger partial charge on any atom is -0.349 e. The molecule has 0 saturated carbocycles. The average molecular weight is 353 g/mol. The van der Waals surface area contributed by atoms with Crippen molar-refractivity contribution in [2.45, 2.75) is 20.3 Å². The lowest BCUT2D eigenvalue weighted by Crippen LogP contribution is -2.32. The Kier molecular flexibility index (Phi) is 5.00. The fraction of sp³-hybridized carbons (Fsp3) is 0.467. The molecule has 2 rings (SSSR count). The van der Waals surface area contributed by atoms with Gasteiger partial charge in [0.15, 0.2) is 5.65 Å².